The summed E-state index contributed by atoms with van der Waals surface area (Å²) in [4.78, 5) is 0. The molecule has 0 aromatic carbocycles. The normalized spacial score (nSPS) is 17.8. The molecule has 0 bridgehead atoms. The Labute approximate surface area is 115 Å². The Morgan fingerprint density at radius 3 is 2.00 bits per heavy atom. The molecule has 0 rings (SSSR count). The average Bonchev–Trinajstić information content (AvgIpc) is 2.23. The van der Waals surface area contributed by atoms with E-state index in [0.717, 1.165) is 6.42 Å². The lowest BCUT2D eigenvalue weighted by molar-refractivity contribution is -0.230. The zero-order valence-corrected chi connectivity index (χ0v) is 15.1. The smallest absolute Gasteiger partial charge is 0.202 e. The van der Waals surface area contributed by atoms with E-state index in [2.05, 4.69) is 33.1 Å². The third-order valence-electron chi connectivity index (χ3n) is 2.68. The number of hydrogen-bond acceptors (Lipinski definition) is 4. The highest BCUT2D eigenvalue weighted by Crippen LogP contribution is 2.20. The predicted octanol–water partition coefficient (Wildman–Crippen LogP) is 3.15. The van der Waals surface area contributed by atoms with Crippen molar-refractivity contribution < 1.29 is 18.3 Å². The van der Waals surface area contributed by atoms with E-state index in [1.54, 1.807) is 7.11 Å². The van der Waals surface area contributed by atoms with Gasteiger partial charge in [0.05, 0.1) is 5.73 Å². The van der Waals surface area contributed by atoms with E-state index >= 15 is 0 Å². The molecule has 0 aromatic rings. The molecule has 4 nitrogen and oxygen atoms in total. The summed E-state index contributed by atoms with van der Waals surface area (Å²) in [6, 6.07) is 0. The zero-order chi connectivity index (χ0) is 14.3. The van der Waals surface area contributed by atoms with Crippen LogP contribution in [0.3, 0.4) is 0 Å². The van der Waals surface area contributed by atoms with Crippen LogP contribution in [-0.4, -0.2) is 42.8 Å². The zero-order valence-electron chi connectivity index (χ0n) is 13.1. The lowest BCUT2D eigenvalue weighted by atomic mass is 10.5. The molecular formula is C12H29O4Si2. The first-order chi connectivity index (χ1) is 8.22. The fourth-order valence-electron chi connectivity index (χ4n) is 1.93. The van der Waals surface area contributed by atoms with Crippen LogP contribution in [0.2, 0.25) is 26.2 Å². The SMILES string of the molecule is CCC(OC(C)OC(C)OC)[Si](C)(C)O[Si](C)C. The van der Waals surface area contributed by atoms with Crippen LogP contribution in [0.4, 0.5) is 0 Å². The van der Waals surface area contributed by atoms with Gasteiger partial charge in [-0.2, -0.15) is 0 Å². The maximum atomic E-state index is 6.15. The molecule has 0 N–H and O–H groups in total. The molecule has 18 heavy (non-hydrogen) atoms. The molecule has 0 aromatic heterocycles. The van der Waals surface area contributed by atoms with Gasteiger partial charge in [-0.25, -0.2) is 0 Å². The van der Waals surface area contributed by atoms with E-state index in [9.17, 15) is 0 Å². The second-order valence-corrected chi connectivity index (χ2v) is 11.6. The van der Waals surface area contributed by atoms with E-state index in [1.165, 1.54) is 0 Å². The summed E-state index contributed by atoms with van der Waals surface area (Å²) in [6.07, 6.45) is 0.425. The minimum absolute atomic E-state index is 0.149. The van der Waals surface area contributed by atoms with Gasteiger partial charge in [0, 0.05) is 7.11 Å². The van der Waals surface area contributed by atoms with E-state index in [4.69, 9.17) is 18.3 Å². The van der Waals surface area contributed by atoms with Gasteiger partial charge in [0.15, 0.2) is 21.6 Å². The lowest BCUT2D eigenvalue weighted by Gasteiger charge is -2.35. The van der Waals surface area contributed by atoms with E-state index in [1.807, 2.05) is 13.8 Å². The molecule has 109 valence electrons. The molecule has 0 aliphatic carbocycles. The Hall–Kier alpha value is 0.274. The maximum absolute atomic E-state index is 6.15. The van der Waals surface area contributed by atoms with Crippen molar-refractivity contribution in [2.45, 2.75) is 71.7 Å². The van der Waals surface area contributed by atoms with Crippen LogP contribution >= 0.6 is 0 Å². The van der Waals surface area contributed by atoms with Gasteiger partial charge in [-0.1, -0.05) is 6.92 Å². The Balaban J connectivity index is 4.40. The maximum Gasteiger partial charge on any atom is 0.202 e. The van der Waals surface area contributed by atoms with Crippen LogP contribution < -0.4 is 0 Å². The molecule has 0 aliphatic rings. The highest BCUT2D eigenvalue weighted by Gasteiger charge is 2.35. The molecule has 6 heteroatoms. The van der Waals surface area contributed by atoms with Crippen LogP contribution in [0.15, 0.2) is 0 Å². The van der Waals surface area contributed by atoms with E-state index in [-0.39, 0.29) is 18.3 Å². The molecule has 0 amide bonds. The molecule has 3 unspecified atom stereocenters. The Morgan fingerprint density at radius 1 is 1.06 bits per heavy atom. The molecule has 0 saturated carbocycles. The van der Waals surface area contributed by atoms with Gasteiger partial charge in [-0.05, 0) is 46.5 Å². The summed E-state index contributed by atoms with van der Waals surface area (Å²) in [5.74, 6) is 0. The highest BCUT2D eigenvalue weighted by atomic mass is 28.4. The largest absolute Gasteiger partial charge is 0.454 e. The number of ether oxygens (including phenoxy) is 3. The number of rotatable bonds is 9. The van der Waals surface area contributed by atoms with Gasteiger partial charge in [-0.3, -0.25) is 0 Å². The minimum Gasteiger partial charge on any atom is -0.454 e. The number of hydrogen-bond donors (Lipinski definition) is 0. The fourth-order valence-corrected chi connectivity index (χ4v) is 8.17. The van der Waals surface area contributed by atoms with Crippen molar-refractivity contribution in [1.82, 2.24) is 0 Å². The summed E-state index contributed by atoms with van der Waals surface area (Å²) >= 11 is 0. The predicted molar refractivity (Wildman–Crippen MR) is 78.2 cm³/mol. The van der Waals surface area contributed by atoms with Crippen molar-refractivity contribution in [1.29, 1.82) is 0 Å². The second-order valence-electron chi connectivity index (χ2n) is 5.15. The first-order valence-electron chi connectivity index (χ1n) is 6.55. The quantitative estimate of drug-likeness (QED) is 0.483. The van der Waals surface area contributed by atoms with E-state index < -0.39 is 17.4 Å². The van der Waals surface area contributed by atoms with Gasteiger partial charge in [0.1, 0.15) is 0 Å². The van der Waals surface area contributed by atoms with Gasteiger partial charge in [0.2, 0.25) is 8.32 Å². The molecule has 0 fully saturated rings. The number of methoxy groups -OCH3 is 1. The van der Waals surface area contributed by atoms with Gasteiger partial charge in [0.25, 0.3) is 0 Å². The first-order valence-corrected chi connectivity index (χ1v) is 11.9. The summed E-state index contributed by atoms with van der Waals surface area (Å²) in [5.41, 5.74) is 0.149. The second kappa shape index (κ2) is 8.45. The third-order valence-corrected chi connectivity index (χ3v) is 8.52. The molecule has 0 spiro atoms. The summed E-state index contributed by atoms with van der Waals surface area (Å²) in [5, 5.41) is 0. The van der Waals surface area contributed by atoms with Crippen molar-refractivity contribution in [2.24, 2.45) is 0 Å². The topological polar surface area (TPSA) is 36.9 Å². The molecular weight excluding hydrogens is 264 g/mol. The van der Waals surface area contributed by atoms with Crippen LogP contribution in [-0.2, 0) is 18.3 Å². The average molecular weight is 294 g/mol. The molecule has 3 atom stereocenters. The van der Waals surface area contributed by atoms with Crippen molar-refractivity contribution in [3.05, 3.63) is 0 Å². The standard InChI is InChI=1S/C12H29O4Si2/c1-9-12(18(7,8)16-17(5)6)15-11(3)14-10(2)13-4/h10-12H,9H2,1-8H3. The Kier molecular flexibility index (Phi) is 8.57. The monoisotopic (exact) mass is 293 g/mol. The van der Waals surface area contributed by atoms with Gasteiger partial charge >= 0.3 is 0 Å². The van der Waals surface area contributed by atoms with E-state index in [0.29, 0.717) is 0 Å². The van der Waals surface area contributed by atoms with Crippen LogP contribution in [0.25, 0.3) is 0 Å². The van der Waals surface area contributed by atoms with Crippen LogP contribution in [0.1, 0.15) is 27.2 Å². The molecule has 0 aliphatic heterocycles. The van der Waals surface area contributed by atoms with Crippen molar-refractivity contribution in [2.75, 3.05) is 7.11 Å². The van der Waals surface area contributed by atoms with Crippen molar-refractivity contribution >= 4 is 17.4 Å². The fraction of sp³-hybridized carbons (Fsp3) is 1.00. The Morgan fingerprint density at radius 2 is 1.61 bits per heavy atom. The van der Waals surface area contributed by atoms with Crippen LogP contribution in [0.5, 0.6) is 0 Å². The van der Waals surface area contributed by atoms with Crippen LogP contribution in [0, 0.1) is 0 Å². The van der Waals surface area contributed by atoms with Crippen molar-refractivity contribution in [3.63, 3.8) is 0 Å². The highest BCUT2D eigenvalue weighted by molar-refractivity contribution is 6.78. The molecule has 0 saturated heterocycles. The Bertz CT molecular complexity index is 224. The minimum atomic E-state index is -1.82. The van der Waals surface area contributed by atoms with Crippen molar-refractivity contribution in [3.8, 4) is 0 Å². The molecule has 0 heterocycles. The summed E-state index contributed by atoms with van der Waals surface area (Å²) in [6.45, 7) is 14.7. The third kappa shape index (κ3) is 7.01. The molecule has 1 radical (unpaired) electrons. The lowest BCUT2D eigenvalue weighted by Crippen LogP contribution is -2.50. The van der Waals surface area contributed by atoms with Gasteiger partial charge < -0.3 is 18.3 Å². The first kappa shape index (κ1) is 18.3. The summed E-state index contributed by atoms with van der Waals surface area (Å²) < 4.78 is 22.8. The van der Waals surface area contributed by atoms with Gasteiger partial charge in [-0.15, -0.1) is 0 Å². The summed E-state index contributed by atoms with van der Waals surface area (Å²) in [7, 11) is -0.886.